The van der Waals surface area contributed by atoms with Gasteiger partial charge in [-0.1, -0.05) is 13.8 Å². The van der Waals surface area contributed by atoms with E-state index in [0.29, 0.717) is 18.6 Å². The van der Waals surface area contributed by atoms with E-state index in [2.05, 4.69) is 24.1 Å². The highest BCUT2D eigenvalue weighted by atomic mass is 16.5. The first-order valence-corrected chi connectivity index (χ1v) is 5.30. The van der Waals surface area contributed by atoms with Crippen LogP contribution in [-0.2, 0) is 11.8 Å². The van der Waals surface area contributed by atoms with E-state index in [-0.39, 0.29) is 0 Å². The maximum Gasteiger partial charge on any atom is 0.203 e. The first-order chi connectivity index (χ1) is 7.04. The van der Waals surface area contributed by atoms with Gasteiger partial charge in [0.1, 0.15) is 0 Å². The molecule has 0 saturated carbocycles. The first-order valence-electron chi connectivity index (χ1n) is 5.30. The van der Waals surface area contributed by atoms with Gasteiger partial charge in [-0.15, -0.1) is 0 Å². The van der Waals surface area contributed by atoms with Gasteiger partial charge in [-0.05, 0) is 12.8 Å². The van der Waals surface area contributed by atoms with Crippen LogP contribution >= 0.6 is 0 Å². The monoisotopic (exact) mass is 211 g/mol. The molecule has 0 aliphatic rings. The number of nitrogens with zero attached hydrogens (tertiary/aromatic N) is 2. The van der Waals surface area contributed by atoms with E-state index in [0.717, 1.165) is 11.6 Å². The average molecular weight is 211 g/mol. The van der Waals surface area contributed by atoms with Crippen molar-refractivity contribution in [1.29, 1.82) is 0 Å². The summed E-state index contributed by atoms with van der Waals surface area (Å²) in [6.07, 6.45) is 2.01. The van der Waals surface area contributed by atoms with Gasteiger partial charge in [0.2, 0.25) is 5.95 Å². The minimum Gasteiger partial charge on any atom is -0.383 e. The van der Waals surface area contributed by atoms with E-state index in [4.69, 9.17) is 4.74 Å². The standard InChI is InChI=1S/C11H21N3O/c1-8(2)10(7-15-5)13-11-12-9(3)6-14(11)4/h6,8,10H,7H2,1-5H3,(H,12,13). The molecule has 15 heavy (non-hydrogen) atoms. The van der Waals surface area contributed by atoms with Gasteiger partial charge in [0, 0.05) is 20.4 Å². The van der Waals surface area contributed by atoms with Crippen LogP contribution in [0.3, 0.4) is 0 Å². The van der Waals surface area contributed by atoms with Crippen LogP contribution in [0.15, 0.2) is 6.20 Å². The van der Waals surface area contributed by atoms with Gasteiger partial charge in [0.05, 0.1) is 18.3 Å². The summed E-state index contributed by atoms with van der Waals surface area (Å²) in [5.74, 6) is 1.42. The number of rotatable bonds is 5. The van der Waals surface area contributed by atoms with Crippen molar-refractivity contribution in [3.63, 3.8) is 0 Å². The molecule has 1 atom stereocenters. The van der Waals surface area contributed by atoms with Crippen LogP contribution in [-0.4, -0.2) is 29.3 Å². The predicted octanol–water partition coefficient (Wildman–Crippen LogP) is 1.81. The maximum atomic E-state index is 5.18. The number of anilines is 1. The van der Waals surface area contributed by atoms with Gasteiger partial charge < -0.3 is 14.6 Å². The van der Waals surface area contributed by atoms with Crippen LogP contribution < -0.4 is 5.32 Å². The number of aromatic nitrogens is 2. The molecule has 4 heteroatoms. The first kappa shape index (κ1) is 12.0. The van der Waals surface area contributed by atoms with Crippen molar-refractivity contribution >= 4 is 5.95 Å². The smallest absolute Gasteiger partial charge is 0.203 e. The lowest BCUT2D eigenvalue weighted by Gasteiger charge is -2.21. The molecule has 1 heterocycles. The Labute approximate surface area is 91.7 Å². The lowest BCUT2D eigenvalue weighted by Crippen LogP contribution is -2.31. The van der Waals surface area contributed by atoms with E-state index in [9.17, 15) is 0 Å². The van der Waals surface area contributed by atoms with Crippen LogP contribution in [0.2, 0.25) is 0 Å². The van der Waals surface area contributed by atoms with Gasteiger partial charge in [-0.25, -0.2) is 4.98 Å². The van der Waals surface area contributed by atoms with Crippen molar-refractivity contribution < 1.29 is 4.74 Å². The predicted molar refractivity (Wildman–Crippen MR) is 62.1 cm³/mol. The zero-order chi connectivity index (χ0) is 11.4. The van der Waals surface area contributed by atoms with Gasteiger partial charge in [0.15, 0.2) is 0 Å². The van der Waals surface area contributed by atoms with Gasteiger partial charge in [-0.3, -0.25) is 0 Å². The third-order valence-electron chi connectivity index (χ3n) is 2.46. The number of methoxy groups -OCH3 is 1. The molecule has 1 unspecified atom stereocenters. The number of aryl methyl sites for hydroxylation is 2. The molecule has 0 aliphatic heterocycles. The molecule has 0 fully saturated rings. The lowest BCUT2D eigenvalue weighted by molar-refractivity contribution is 0.170. The summed E-state index contributed by atoms with van der Waals surface area (Å²) in [6.45, 7) is 7.04. The average Bonchev–Trinajstić information content (AvgIpc) is 2.44. The van der Waals surface area contributed by atoms with E-state index in [1.54, 1.807) is 7.11 Å². The Morgan fingerprint density at radius 2 is 2.20 bits per heavy atom. The number of hydrogen-bond acceptors (Lipinski definition) is 3. The Morgan fingerprint density at radius 1 is 1.53 bits per heavy atom. The summed E-state index contributed by atoms with van der Waals surface area (Å²) in [7, 11) is 3.72. The third-order valence-corrected chi connectivity index (χ3v) is 2.46. The molecule has 0 saturated heterocycles. The molecule has 4 nitrogen and oxygen atoms in total. The molecule has 0 spiro atoms. The van der Waals surface area contributed by atoms with Crippen molar-refractivity contribution in [3.8, 4) is 0 Å². The SMILES string of the molecule is COCC(Nc1nc(C)cn1C)C(C)C. The summed E-state index contributed by atoms with van der Waals surface area (Å²) < 4.78 is 7.18. The Bertz CT molecular complexity index is 307. The molecule has 1 N–H and O–H groups in total. The van der Waals surface area contributed by atoms with Gasteiger partial charge >= 0.3 is 0 Å². The molecular weight excluding hydrogens is 190 g/mol. The second-order valence-corrected chi connectivity index (χ2v) is 4.27. The lowest BCUT2D eigenvalue weighted by atomic mass is 10.1. The zero-order valence-electron chi connectivity index (χ0n) is 10.2. The number of ether oxygens (including phenoxy) is 1. The number of hydrogen-bond donors (Lipinski definition) is 1. The van der Waals surface area contributed by atoms with Crippen LogP contribution in [0.5, 0.6) is 0 Å². The Hall–Kier alpha value is -1.03. The van der Waals surface area contributed by atoms with E-state index in [1.165, 1.54) is 0 Å². The second-order valence-electron chi connectivity index (χ2n) is 4.27. The van der Waals surface area contributed by atoms with Crippen molar-refractivity contribution in [3.05, 3.63) is 11.9 Å². The van der Waals surface area contributed by atoms with E-state index >= 15 is 0 Å². The fourth-order valence-electron chi connectivity index (χ4n) is 1.50. The zero-order valence-corrected chi connectivity index (χ0v) is 10.2. The van der Waals surface area contributed by atoms with Crippen molar-refractivity contribution in [1.82, 2.24) is 9.55 Å². The van der Waals surface area contributed by atoms with Crippen LogP contribution in [0, 0.1) is 12.8 Å². The normalized spacial score (nSPS) is 13.2. The topological polar surface area (TPSA) is 39.1 Å². The molecular formula is C11H21N3O. The molecule has 1 aromatic heterocycles. The van der Waals surface area contributed by atoms with E-state index < -0.39 is 0 Å². The molecule has 0 radical (unpaired) electrons. The molecule has 0 aliphatic carbocycles. The number of nitrogens with one attached hydrogen (secondary N) is 1. The quantitative estimate of drug-likeness (QED) is 0.807. The summed E-state index contributed by atoms with van der Waals surface area (Å²) in [4.78, 5) is 4.41. The summed E-state index contributed by atoms with van der Waals surface area (Å²) in [5.41, 5.74) is 1.03. The molecule has 0 aromatic carbocycles. The van der Waals surface area contributed by atoms with E-state index in [1.807, 2.05) is 24.7 Å². The molecule has 0 amide bonds. The fourth-order valence-corrected chi connectivity index (χ4v) is 1.50. The largest absolute Gasteiger partial charge is 0.383 e. The Kier molecular flexibility index (Phi) is 4.15. The second kappa shape index (κ2) is 5.16. The minimum absolute atomic E-state index is 0.301. The fraction of sp³-hybridized carbons (Fsp3) is 0.727. The Balaban J connectivity index is 2.69. The van der Waals surface area contributed by atoms with Gasteiger partial charge in [0.25, 0.3) is 0 Å². The minimum atomic E-state index is 0.301. The third kappa shape index (κ3) is 3.23. The van der Waals surface area contributed by atoms with Gasteiger partial charge in [-0.2, -0.15) is 0 Å². The summed E-state index contributed by atoms with van der Waals surface area (Å²) in [6, 6.07) is 0.301. The maximum absolute atomic E-state index is 5.18. The van der Waals surface area contributed by atoms with Crippen molar-refractivity contribution in [2.24, 2.45) is 13.0 Å². The highest BCUT2D eigenvalue weighted by molar-refractivity contribution is 5.30. The Morgan fingerprint density at radius 3 is 2.60 bits per heavy atom. The molecule has 1 rings (SSSR count). The van der Waals surface area contributed by atoms with Crippen LogP contribution in [0.4, 0.5) is 5.95 Å². The highest BCUT2D eigenvalue weighted by Crippen LogP contribution is 2.12. The molecule has 1 aromatic rings. The van der Waals surface area contributed by atoms with Crippen molar-refractivity contribution in [2.75, 3.05) is 19.0 Å². The summed E-state index contributed by atoms with van der Waals surface area (Å²) in [5, 5.41) is 3.40. The molecule has 0 bridgehead atoms. The summed E-state index contributed by atoms with van der Waals surface area (Å²) >= 11 is 0. The van der Waals surface area contributed by atoms with Crippen LogP contribution in [0.25, 0.3) is 0 Å². The molecule has 86 valence electrons. The van der Waals surface area contributed by atoms with Crippen molar-refractivity contribution in [2.45, 2.75) is 26.8 Å². The highest BCUT2D eigenvalue weighted by Gasteiger charge is 2.14. The number of imidazole rings is 1. The van der Waals surface area contributed by atoms with Crippen LogP contribution in [0.1, 0.15) is 19.5 Å².